The van der Waals surface area contributed by atoms with Crippen LogP contribution in [0.2, 0.25) is 0 Å². The van der Waals surface area contributed by atoms with Crippen LogP contribution in [0.25, 0.3) is 0 Å². The van der Waals surface area contributed by atoms with Gasteiger partial charge in [-0.25, -0.2) is 4.79 Å². The van der Waals surface area contributed by atoms with Gasteiger partial charge in [0.1, 0.15) is 5.56 Å². The second-order valence-electron chi connectivity index (χ2n) is 5.53. The molecular weight excluding hydrogens is 270 g/mol. The molecule has 1 saturated heterocycles. The quantitative estimate of drug-likeness (QED) is 0.746. The van der Waals surface area contributed by atoms with Gasteiger partial charge in [0, 0.05) is 26.7 Å². The Morgan fingerprint density at radius 3 is 3.05 bits per heavy atom. The molecule has 0 radical (unpaired) electrons. The van der Waals surface area contributed by atoms with E-state index in [2.05, 4.69) is 10.00 Å². The number of likely N-dealkylation sites (N-methyl/N-ethyl adjacent to an activating group) is 1. The van der Waals surface area contributed by atoms with Crippen LogP contribution >= 0.6 is 0 Å². The number of hydrogen-bond donors (Lipinski definition) is 0. The van der Waals surface area contributed by atoms with Gasteiger partial charge in [-0.3, -0.25) is 9.58 Å². The second-order valence-corrected chi connectivity index (χ2v) is 5.53. The summed E-state index contributed by atoms with van der Waals surface area (Å²) in [5.74, 6) is -0.303. The van der Waals surface area contributed by atoms with E-state index in [-0.39, 0.29) is 5.97 Å². The van der Waals surface area contributed by atoms with Crippen LogP contribution < -0.4 is 0 Å². The minimum atomic E-state index is -0.303. The Morgan fingerprint density at radius 1 is 1.57 bits per heavy atom. The van der Waals surface area contributed by atoms with Crippen LogP contribution in [0.15, 0.2) is 6.20 Å². The molecule has 0 aromatic carbocycles. The molecule has 1 fully saturated rings. The van der Waals surface area contributed by atoms with E-state index in [1.54, 1.807) is 17.8 Å². The number of carbonyl (C=O) groups is 1. The van der Waals surface area contributed by atoms with Crippen molar-refractivity contribution in [3.63, 3.8) is 0 Å². The Morgan fingerprint density at radius 2 is 2.38 bits per heavy atom. The highest BCUT2D eigenvalue weighted by Crippen LogP contribution is 2.16. The summed E-state index contributed by atoms with van der Waals surface area (Å²) < 4.78 is 12.6. The maximum atomic E-state index is 11.9. The molecular formula is C15H25N3O3. The van der Waals surface area contributed by atoms with Gasteiger partial charge in [-0.2, -0.15) is 5.10 Å². The zero-order valence-corrected chi connectivity index (χ0v) is 13.2. The van der Waals surface area contributed by atoms with E-state index in [0.29, 0.717) is 24.8 Å². The lowest BCUT2D eigenvalue weighted by Crippen LogP contribution is -2.33. The standard InChI is InChI=1S/C15H25N3O3/c1-4-20-15(19)13-9-16-18(3)14(13)11-17(2)10-12-7-5-6-8-21-12/h9,12H,4-8,10-11H2,1-3H3. The monoisotopic (exact) mass is 295 g/mol. The number of esters is 1. The Balaban J connectivity index is 1.97. The summed E-state index contributed by atoms with van der Waals surface area (Å²) in [6.45, 7) is 4.57. The molecule has 6 heteroatoms. The zero-order valence-electron chi connectivity index (χ0n) is 13.2. The van der Waals surface area contributed by atoms with Crippen LogP contribution in [-0.2, 0) is 23.1 Å². The largest absolute Gasteiger partial charge is 0.462 e. The summed E-state index contributed by atoms with van der Waals surface area (Å²) in [4.78, 5) is 14.1. The lowest BCUT2D eigenvalue weighted by molar-refractivity contribution is -0.00293. The van der Waals surface area contributed by atoms with Crippen LogP contribution in [0, 0.1) is 0 Å². The SMILES string of the molecule is CCOC(=O)c1cnn(C)c1CN(C)CC1CCCCO1. The van der Waals surface area contributed by atoms with Gasteiger partial charge in [0.25, 0.3) is 0 Å². The number of rotatable bonds is 6. The molecule has 1 aromatic rings. The third-order valence-electron chi connectivity index (χ3n) is 3.77. The van der Waals surface area contributed by atoms with Gasteiger partial charge < -0.3 is 9.47 Å². The van der Waals surface area contributed by atoms with Crippen LogP contribution in [0.3, 0.4) is 0 Å². The Kier molecular flexibility index (Phi) is 5.76. The van der Waals surface area contributed by atoms with Crippen molar-refractivity contribution in [2.75, 3.05) is 26.8 Å². The highest BCUT2D eigenvalue weighted by atomic mass is 16.5. The maximum Gasteiger partial charge on any atom is 0.341 e. The molecule has 1 unspecified atom stereocenters. The molecule has 0 spiro atoms. The molecule has 0 N–H and O–H groups in total. The maximum absolute atomic E-state index is 11.9. The molecule has 1 aliphatic rings. The van der Waals surface area contributed by atoms with E-state index >= 15 is 0 Å². The highest BCUT2D eigenvalue weighted by Gasteiger charge is 2.21. The van der Waals surface area contributed by atoms with E-state index < -0.39 is 0 Å². The minimum Gasteiger partial charge on any atom is -0.462 e. The van der Waals surface area contributed by atoms with Crippen molar-refractivity contribution >= 4 is 5.97 Å². The van der Waals surface area contributed by atoms with Gasteiger partial charge in [-0.15, -0.1) is 0 Å². The molecule has 21 heavy (non-hydrogen) atoms. The molecule has 0 saturated carbocycles. The normalized spacial score (nSPS) is 19.0. The molecule has 1 atom stereocenters. The van der Waals surface area contributed by atoms with Crippen molar-refractivity contribution in [1.29, 1.82) is 0 Å². The van der Waals surface area contributed by atoms with Crippen LogP contribution in [0.1, 0.15) is 42.2 Å². The van der Waals surface area contributed by atoms with Gasteiger partial charge in [0.15, 0.2) is 0 Å². The molecule has 0 amide bonds. The molecule has 6 nitrogen and oxygen atoms in total. The fourth-order valence-electron chi connectivity index (χ4n) is 2.65. The summed E-state index contributed by atoms with van der Waals surface area (Å²) in [7, 11) is 3.89. The van der Waals surface area contributed by atoms with E-state index in [1.165, 1.54) is 6.42 Å². The summed E-state index contributed by atoms with van der Waals surface area (Å²) in [5.41, 5.74) is 1.43. The van der Waals surface area contributed by atoms with Crippen molar-refractivity contribution in [2.45, 2.75) is 38.8 Å². The number of aryl methyl sites for hydroxylation is 1. The molecule has 118 valence electrons. The van der Waals surface area contributed by atoms with Crippen molar-refractivity contribution in [1.82, 2.24) is 14.7 Å². The lowest BCUT2D eigenvalue weighted by Gasteiger charge is -2.27. The molecule has 0 aliphatic carbocycles. The van der Waals surface area contributed by atoms with Crippen molar-refractivity contribution in [2.24, 2.45) is 7.05 Å². The number of ether oxygens (including phenoxy) is 2. The first-order valence-corrected chi connectivity index (χ1v) is 7.60. The number of aromatic nitrogens is 2. The molecule has 2 rings (SSSR count). The van der Waals surface area contributed by atoms with Crippen LogP contribution in [-0.4, -0.2) is 53.6 Å². The van der Waals surface area contributed by atoms with Crippen LogP contribution in [0.4, 0.5) is 0 Å². The topological polar surface area (TPSA) is 56.6 Å². The minimum absolute atomic E-state index is 0.294. The zero-order chi connectivity index (χ0) is 15.2. The number of carbonyl (C=O) groups excluding carboxylic acids is 1. The molecule has 1 aromatic heterocycles. The predicted molar refractivity (Wildman–Crippen MR) is 79.1 cm³/mol. The Labute approximate surface area is 126 Å². The first-order chi connectivity index (χ1) is 10.1. The molecule has 0 bridgehead atoms. The number of hydrogen-bond acceptors (Lipinski definition) is 5. The van der Waals surface area contributed by atoms with Crippen molar-refractivity contribution in [3.8, 4) is 0 Å². The van der Waals surface area contributed by atoms with Crippen molar-refractivity contribution < 1.29 is 14.3 Å². The van der Waals surface area contributed by atoms with Crippen LogP contribution in [0.5, 0.6) is 0 Å². The van der Waals surface area contributed by atoms with E-state index in [0.717, 1.165) is 31.7 Å². The Bertz CT molecular complexity index is 467. The Hall–Kier alpha value is -1.40. The third kappa shape index (κ3) is 4.28. The van der Waals surface area contributed by atoms with Gasteiger partial charge in [-0.05, 0) is 33.2 Å². The average molecular weight is 295 g/mol. The smallest absolute Gasteiger partial charge is 0.341 e. The summed E-state index contributed by atoms with van der Waals surface area (Å²) in [6.07, 6.45) is 5.38. The van der Waals surface area contributed by atoms with E-state index in [4.69, 9.17) is 9.47 Å². The fourth-order valence-corrected chi connectivity index (χ4v) is 2.65. The van der Waals surface area contributed by atoms with Crippen molar-refractivity contribution in [3.05, 3.63) is 17.5 Å². The first kappa shape index (κ1) is 16.0. The van der Waals surface area contributed by atoms with Gasteiger partial charge in [-0.1, -0.05) is 0 Å². The number of nitrogens with zero attached hydrogens (tertiary/aromatic N) is 3. The van der Waals surface area contributed by atoms with Gasteiger partial charge in [0.05, 0.1) is 24.6 Å². The van der Waals surface area contributed by atoms with E-state index in [1.807, 2.05) is 14.1 Å². The van der Waals surface area contributed by atoms with E-state index in [9.17, 15) is 4.79 Å². The summed E-state index contributed by atoms with van der Waals surface area (Å²) >= 11 is 0. The molecule has 1 aliphatic heterocycles. The second kappa shape index (κ2) is 7.56. The third-order valence-corrected chi connectivity index (χ3v) is 3.77. The fraction of sp³-hybridized carbons (Fsp3) is 0.733. The summed E-state index contributed by atoms with van der Waals surface area (Å²) in [5, 5.41) is 4.18. The van der Waals surface area contributed by atoms with Gasteiger partial charge in [0.2, 0.25) is 0 Å². The first-order valence-electron chi connectivity index (χ1n) is 7.60. The average Bonchev–Trinajstić information content (AvgIpc) is 2.81. The van der Waals surface area contributed by atoms with Gasteiger partial charge >= 0.3 is 5.97 Å². The summed E-state index contributed by atoms with van der Waals surface area (Å²) in [6, 6.07) is 0. The lowest BCUT2D eigenvalue weighted by atomic mass is 10.1. The molecule has 2 heterocycles. The highest BCUT2D eigenvalue weighted by molar-refractivity contribution is 5.90. The predicted octanol–water partition coefficient (Wildman–Crippen LogP) is 1.60.